The summed E-state index contributed by atoms with van der Waals surface area (Å²) in [6.07, 6.45) is 3.85. The number of carbonyl (C=O) groups is 1. The predicted octanol–water partition coefficient (Wildman–Crippen LogP) is 3.50. The van der Waals surface area contributed by atoms with Crippen molar-refractivity contribution in [2.24, 2.45) is 0 Å². The first-order valence-corrected chi connectivity index (χ1v) is 10.4. The zero-order valence-corrected chi connectivity index (χ0v) is 16.4. The molecule has 0 aliphatic carbocycles. The van der Waals surface area contributed by atoms with Gasteiger partial charge in [0, 0.05) is 24.0 Å². The molecule has 1 atom stereocenters. The van der Waals surface area contributed by atoms with Crippen LogP contribution in [0.4, 0.5) is 5.69 Å². The number of anilines is 1. The first kappa shape index (κ1) is 20.8. The van der Waals surface area contributed by atoms with Crippen molar-refractivity contribution in [3.8, 4) is 0 Å². The van der Waals surface area contributed by atoms with Crippen molar-refractivity contribution in [2.45, 2.75) is 52.5 Å². The summed E-state index contributed by atoms with van der Waals surface area (Å²) in [5, 5.41) is 3.45. The molecule has 1 amide bonds. The van der Waals surface area contributed by atoms with Gasteiger partial charge >= 0.3 is 0 Å². The Morgan fingerprint density at radius 2 is 2.04 bits per heavy atom. The lowest BCUT2D eigenvalue weighted by atomic mass is 10.1. The molecule has 7 heteroatoms. The van der Waals surface area contributed by atoms with Gasteiger partial charge in [-0.1, -0.05) is 31.0 Å². The molecule has 1 aromatic rings. The fourth-order valence-electron chi connectivity index (χ4n) is 2.57. The van der Waals surface area contributed by atoms with E-state index in [2.05, 4.69) is 12.2 Å². The van der Waals surface area contributed by atoms with E-state index in [4.69, 9.17) is 11.6 Å². The lowest BCUT2D eigenvalue weighted by molar-refractivity contribution is -0.121. The maximum atomic E-state index is 12.1. The number of nitrogens with zero attached hydrogens (tertiary/aromatic N) is 1. The molecule has 5 nitrogen and oxygen atoms in total. The van der Waals surface area contributed by atoms with Gasteiger partial charge in [0.25, 0.3) is 0 Å². The van der Waals surface area contributed by atoms with Crippen molar-refractivity contribution in [2.75, 3.05) is 17.1 Å². The van der Waals surface area contributed by atoms with Crippen LogP contribution < -0.4 is 9.62 Å². The van der Waals surface area contributed by atoms with E-state index in [9.17, 15) is 13.2 Å². The molecule has 1 aromatic carbocycles. The lowest BCUT2D eigenvalue weighted by Crippen LogP contribution is -2.34. The van der Waals surface area contributed by atoms with Crippen molar-refractivity contribution >= 4 is 33.2 Å². The van der Waals surface area contributed by atoms with Crippen LogP contribution in [-0.4, -0.2) is 33.2 Å². The molecule has 0 saturated carbocycles. The number of sulfonamides is 1. The van der Waals surface area contributed by atoms with Gasteiger partial charge in [-0.25, -0.2) is 8.42 Å². The van der Waals surface area contributed by atoms with Gasteiger partial charge in [-0.05, 0) is 44.4 Å². The monoisotopic (exact) mass is 374 g/mol. The molecule has 136 valence electrons. The highest BCUT2D eigenvalue weighted by atomic mass is 35.5. The topological polar surface area (TPSA) is 66.5 Å². The Hall–Kier alpha value is -1.27. The number of hydrogen-bond acceptors (Lipinski definition) is 3. The molecule has 0 aromatic heterocycles. The van der Waals surface area contributed by atoms with Gasteiger partial charge in [0.1, 0.15) is 0 Å². The molecule has 0 bridgehead atoms. The van der Waals surface area contributed by atoms with E-state index in [1.54, 1.807) is 25.1 Å². The van der Waals surface area contributed by atoms with Crippen LogP contribution in [0.3, 0.4) is 0 Å². The summed E-state index contributed by atoms with van der Waals surface area (Å²) in [5.74, 6) is -0.0489. The number of rotatable bonds is 9. The summed E-state index contributed by atoms with van der Waals surface area (Å²) in [5.41, 5.74) is 1.27. The number of nitrogens with one attached hydrogen (secondary N) is 1. The number of halogens is 1. The molecule has 0 radical (unpaired) electrons. The molecule has 0 fully saturated rings. The maximum absolute atomic E-state index is 12.1. The average molecular weight is 375 g/mol. The second kappa shape index (κ2) is 9.28. The van der Waals surface area contributed by atoms with Crippen LogP contribution in [0.5, 0.6) is 0 Å². The van der Waals surface area contributed by atoms with Crippen LogP contribution in [0.1, 0.15) is 45.1 Å². The first-order valence-electron chi connectivity index (χ1n) is 8.19. The summed E-state index contributed by atoms with van der Waals surface area (Å²) in [6.45, 7) is 6.07. The largest absolute Gasteiger partial charge is 0.354 e. The molecule has 24 heavy (non-hydrogen) atoms. The maximum Gasteiger partial charge on any atom is 0.232 e. The van der Waals surface area contributed by atoms with Crippen LogP contribution >= 0.6 is 11.6 Å². The Bertz CT molecular complexity index is 662. The molecule has 0 spiro atoms. The van der Waals surface area contributed by atoms with Crippen LogP contribution in [0.25, 0.3) is 0 Å². The smallest absolute Gasteiger partial charge is 0.232 e. The molecule has 0 heterocycles. The zero-order chi connectivity index (χ0) is 18.3. The van der Waals surface area contributed by atoms with E-state index in [0.717, 1.165) is 19.1 Å². The molecule has 0 unspecified atom stereocenters. The second-order valence-corrected chi connectivity index (χ2v) is 8.39. The van der Waals surface area contributed by atoms with Gasteiger partial charge < -0.3 is 5.32 Å². The summed E-state index contributed by atoms with van der Waals surface area (Å²) in [7, 11) is -3.44. The van der Waals surface area contributed by atoms with Crippen molar-refractivity contribution in [1.29, 1.82) is 0 Å². The number of benzene rings is 1. The Balaban J connectivity index is 2.73. The van der Waals surface area contributed by atoms with Crippen LogP contribution in [0.2, 0.25) is 5.02 Å². The summed E-state index contributed by atoms with van der Waals surface area (Å²) in [6, 6.07) is 5.32. The van der Waals surface area contributed by atoms with E-state index >= 15 is 0 Å². The molecule has 1 N–H and O–H groups in total. The minimum Gasteiger partial charge on any atom is -0.354 e. The van der Waals surface area contributed by atoms with Gasteiger partial charge in [0.2, 0.25) is 15.9 Å². The second-order valence-electron chi connectivity index (χ2n) is 6.08. The van der Waals surface area contributed by atoms with Crippen molar-refractivity contribution in [3.63, 3.8) is 0 Å². The molecule has 0 aliphatic heterocycles. The highest BCUT2D eigenvalue weighted by Crippen LogP contribution is 2.28. The quantitative estimate of drug-likeness (QED) is 0.719. The third-order valence-electron chi connectivity index (χ3n) is 3.80. The van der Waals surface area contributed by atoms with Gasteiger partial charge in [0.15, 0.2) is 0 Å². The fraction of sp³-hybridized carbons (Fsp3) is 0.588. The first-order chi connectivity index (χ1) is 11.2. The normalized spacial score (nSPS) is 12.7. The van der Waals surface area contributed by atoms with Crippen LogP contribution in [0, 0.1) is 6.92 Å². The van der Waals surface area contributed by atoms with Crippen LogP contribution in [-0.2, 0) is 14.8 Å². The molecule has 0 aliphatic rings. The molecular formula is C17H27ClN2O3S. The standard InChI is InChI=1S/C17H27ClN2O3S/c1-5-8-13(2)19-17(21)11-7-12-20(24(4,22)23)16-10-6-9-15(18)14(16)3/h6,9-10,13H,5,7-8,11-12H2,1-4H3,(H,19,21)/t13-/m0/s1. The number of hydrogen-bond donors (Lipinski definition) is 1. The lowest BCUT2D eigenvalue weighted by Gasteiger charge is -2.24. The van der Waals surface area contributed by atoms with E-state index in [-0.39, 0.29) is 18.5 Å². The van der Waals surface area contributed by atoms with Gasteiger partial charge in [-0.15, -0.1) is 0 Å². The van der Waals surface area contributed by atoms with E-state index in [1.807, 2.05) is 6.92 Å². The third kappa shape index (κ3) is 6.32. The SMILES string of the molecule is CCC[C@H](C)NC(=O)CCCN(c1cccc(Cl)c1C)S(C)(=O)=O. The Morgan fingerprint density at radius 1 is 1.38 bits per heavy atom. The van der Waals surface area contributed by atoms with E-state index in [0.29, 0.717) is 29.1 Å². The summed E-state index contributed by atoms with van der Waals surface area (Å²) >= 11 is 6.09. The van der Waals surface area contributed by atoms with Gasteiger partial charge in [0.05, 0.1) is 11.9 Å². The Kier molecular flexibility index (Phi) is 8.03. The minimum atomic E-state index is -3.44. The summed E-state index contributed by atoms with van der Waals surface area (Å²) < 4.78 is 25.5. The van der Waals surface area contributed by atoms with Crippen molar-refractivity contribution in [3.05, 3.63) is 28.8 Å². The van der Waals surface area contributed by atoms with E-state index in [1.165, 1.54) is 4.31 Å². The number of carbonyl (C=O) groups excluding carboxylic acids is 1. The average Bonchev–Trinajstić information content (AvgIpc) is 2.46. The van der Waals surface area contributed by atoms with Gasteiger partial charge in [-0.2, -0.15) is 0 Å². The highest BCUT2D eigenvalue weighted by molar-refractivity contribution is 7.92. The Morgan fingerprint density at radius 3 is 2.62 bits per heavy atom. The van der Waals surface area contributed by atoms with Gasteiger partial charge in [-0.3, -0.25) is 9.10 Å². The summed E-state index contributed by atoms with van der Waals surface area (Å²) in [4.78, 5) is 11.9. The predicted molar refractivity (Wildman–Crippen MR) is 100 cm³/mol. The molecule has 0 saturated heterocycles. The van der Waals surface area contributed by atoms with Crippen LogP contribution in [0.15, 0.2) is 18.2 Å². The third-order valence-corrected chi connectivity index (χ3v) is 5.39. The van der Waals surface area contributed by atoms with E-state index < -0.39 is 10.0 Å². The molecule has 1 rings (SSSR count). The highest BCUT2D eigenvalue weighted by Gasteiger charge is 2.20. The number of amides is 1. The zero-order valence-electron chi connectivity index (χ0n) is 14.8. The van der Waals surface area contributed by atoms with Crippen molar-refractivity contribution in [1.82, 2.24) is 5.32 Å². The van der Waals surface area contributed by atoms with Crippen molar-refractivity contribution < 1.29 is 13.2 Å². The Labute approximate surface area is 150 Å². The fourth-order valence-corrected chi connectivity index (χ4v) is 3.75. The minimum absolute atomic E-state index is 0.0489. The molecular weight excluding hydrogens is 348 g/mol.